The van der Waals surface area contributed by atoms with Crippen LogP contribution in [-0.4, -0.2) is 41.6 Å². The average Bonchev–Trinajstić information content (AvgIpc) is 3.41. The molecule has 1 aromatic heterocycles. The fraction of sp³-hybridized carbons (Fsp3) is 0.350. The topological polar surface area (TPSA) is 84.7 Å². The highest BCUT2D eigenvalue weighted by Crippen LogP contribution is 2.27. The van der Waals surface area contributed by atoms with Gasteiger partial charge in [0, 0.05) is 19.2 Å². The van der Waals surface area contributed by atoms with Crippen molar-refractivity contribution < 1.29 is 18.8 Å². The minimum Gasteiger partial charge on any atom is -0.484 e. The van der Waals surface area contributed by atoms with Gasteiger partial charge in [-0.2, -0.15) is 0 Å². The second kappa shape index (κ2) is 9.02. The number of hydrogen-bond acceptors (Lipinski definition) is 5. The molecule has 142 valence electrons. The standard InChI is InChI=1S/C20H23N3O4/c1-2-10-23(19(24)14-26-16-6-4-3-5-7-16)13-17-11-18(22-27-17)20(25)21-12-15-8-9-15/h2-7,11,15H,1,8-10,12-14H2,(H,21,25). The molecule has 1 aromatic carbocycles. The monoisotopic (exact) mass is 369 g/mol. The Hall–Kier alpha value is -3.09. The lowest BCUT2D eigenvalue weighted by molar-refractivity contribution is -0.133. The molecule has 27 heavy (non-hydrogen) atoms. The van der Waals surface area contributed by atoms with Crippen LogP contribution in [0.25, 0.3) is 0 Å². The van der Waals surface area contributed by atoms with E-state index in [1.54, 1.807) is 24.3 Å². The zero-order chi connectivity index (χ0) is 19.1. The van der Waals surface area contributed by atoms with E-state index in [2.05, 4.69) is 17.1 Å². The van der Waals surface area contributed by atoms with Gasteiger partial charge in [-0.15, -0.1) is 6.58 Å². The van der Waals surface area contributed by atoms with Gasteiger partial charge in [0.05, 0.1) is 6.54 Å². The molecular formula is C20H23N3O4. The first-order chi connectivity index (χ1) is 13.2. The molecular weight excluding hydrogens is 346 g/mol. The van der Waals surface area contributed by atoms with Crippen molar-refractivity contribution in [3.8, 4) is 5.75 Å². The number of nitrogens with zero attached hydrogens (tertiary/aromatic N) is 2. The molecule has 0 spiro atoms. The van der Waals surface area contributed by atoms with E-state index < -0.39 is 0 Å². The van der Waals surface area contributed by atoms with Crippen LogP contribution in [0.2, 0.25) is 0 Å². The van der Waals surface area contributed by atoms with E-state index in [-0.39, 0.29) is 30.7 Å². The Balaban J connectivity index is 1.54. The zero-order valence-electron chi connectivity index (χ0n) is 15.1. The van der Waals surface area contributed by atoms with E-state index in [0.29, 0.717) is 30.5 Å². The molecule has 7 nitrogen and oxygen atoms in total. The van der Waals surface area contributed by atoms with E-state index in [9.17, 15) is 9.59 Å². The summed E-state index contributed by atoms with van der Waals surface area (Å²) in [6, 6.07) is 10.7. The van der Waals surface area contributed by atoms with Gasteiger partial charge >= 0.3 is 0 Å². The van der Waals surface area contributed by atoms with Gasteiger partial charge in [0.2, 0.25) is 0 Å². The van der Waals surface area contributed by atoms with Crippen LogP contribution in [0.3, 0.4) is 0 Å². The van der Waals surface area contributed by atoms with Gasteiger partial charge in [-0.25, -0.2) is 0 Å². The maximum atomic E-state index is 12.4. The molecule has 1 aliphatic carbocycles. The Morgan fingerprint density at radius 1 is 1.33 bits per heavy atom. The maximum absolute atomic E-state index is 12.4. The molecule has 2 aromatic rings. The fourth-order valence-corrected chi connectivity index (χ4v) is 2.50. The van der Waals surface area contributed by atoms with Crippen molar-refractivity contribution in [2.45, 2.75) is 19.4 Å². The normalized spacial score (nSPS) is 13.0. The summed E-state index contributed by atoms with van der Waals surface area (Å²) in [5.74, 6) is 1.17. The summed E-state index contributed by atoms with van der Waals surface area (Å²) in [5.41, 5.74) is 0.220. The number of aromatic nitrogens is 1. The molecule has 2 amide bonds. The van der Waals surface area contributed by atoms with Crippen LogP contribution in [0.1, 0.15) is 29.1 Å². The second-order valence-corrected chi connectivity index (χ2v) is 6.50. The molecule has 0 bridgehead atoms. The molecule has 0 saturated heterocycles. The first kappa shape index (κ1) is 18.7. The lowest BCUT2D eigenvalue weighted by Crippen LogP contribution is -2.34. The van der Waals surface area contributed by atoms with Gasteiger partial charge in [0.1, 0.15) is 5.75 Å². The number of ether oxygens (including phenoxy) is 1. The van der Waals surface area contributed by atoms with Crippen LogP contribution in [0.15, 0.2) is 53.6 Å². The van der Waals surface area contributed by atoms with Crippen LogP contribution in [-0.2, 0) is 11.3 Å². The highest BCUT2D eigenvalue weighted by Gasteiger charge is 2.23. The number of rotatable bonds is 10. The van der Waals surface area contributed by atoms with Crippen LogP contribution in [0, 0.1) is 5.92 Å². The van der Waals surface area contributed by atoms with Crippen molar-refractivity contribution in [1.82, 2.24) is 15.4 Å². The smallest absolute Gasteiger partial charge is 0.273 e. The quantitative estimate of drug-likeness (QED) is 0.650. The Bertz CT molecular complexity index is 784. The number of carbonyl (C=O) groups is 2. The van der Waals surface area contributed by atoms with Gasteiger partial charge in [-0.3, -0.25) is 9.59 Å². The summed E-state index contributed by atoms with van der Waals surface area (Å²) >= 11 is 0. The van der Waals surface area contributed by atoms with Gasteiger partial charge in [0.25, 0.3) is 11.8 Å². The zero-order valence-corrected chi connectivity index (χ0v) is 15.1. The summed E-state index contributed by atoms with van der Waals surface area (Å²) in [6.07, 6.45) is 3.95. The second-order valence-electron chi connectivity index (χ2n) is 6.50. The Morgan fingerprint density at radius 3 is 2.81 bits per heavy atom. The number of carbonyl (C=O) groups excluding carboxylic acids is 2. The third kappa shape index (κ3) is 5.70. The molecule has 1 N–H and O–H groups in total. The fourth-order valence-electron chi connectivity index (χ4n) is 2.50. The van der Waals surface area contributed by atoms with E-state index in [4.69, 9.17) is 9.26 Å². The van der Waals surface area contributed by atoms with Crippen LogP contribution in [0.5, 0.6) is 5.75 Å². The summed E-state index contributed by atoms with van der Waals surface area (Å²) in [7, 11) is 0. The number of amides is 2. The predicted molar refractivity (Wildman–Crippen MR) is 99.1 cm³/mol. The largest absolute Gasteiger partial charge is 0.484 e. The molecule has 7 heteroatoms. The molecule has 0 aliphatic heterocycles. The third-order valence-electron chi connectivity index (χ3n) is 4.19. The van der Waals surface area contributed by atoms with Crippen molar-refractivity contribution in [2.75, 3.05) is 19.7 Å². The first-order valence-corrected chi connectivity index (χ1v) is 8.96. The van der Waals surface area contributed by atoms with Crippen molar-refractivity contribution >= 4 is 11.8 Å². The molecule has 1 aliphatic rings. The molecule has 1 saturated carbocycles. The van der Waals surface area contributed by atoms with E-state index in [1.165, 1.54) is 4.90 Å². The summed E-state index contributed by atoms with van der Waals surface area (Å²) in [5, 5.41) is 6.63. The summed E-state index contributed by atoms with van der Waals surface area (Å²) < 4.78 is 10.7. The van der Waals surface area contributed by atoms with Gasteiger partial charge in [0.15, 0.2) is 18.1 Å². The van der Waals surface area contributed by atoms with Crippen molar-refractivity contribution in [2.24, 2.45) is 5.92 Å². The average molecular weight is 369 g/mol. The molecule has 1 heterocycles. The van der Waals surface area contributed by atoms with Crippen molar-refractivity contribution in [3.63, 3.8) is 0 Å². The third-order valence-corrected chi connectivity index (χ3v) is 4.19. The molecule has 1 fully saturated rings. The minimum atomic E-state index is -0.258. The van der Waals surface area contributed by atoms with E-state index in [0.717, 1.165) is 12.8 Å². The van der Waals surface area contributed by atoms with Crippen LogP contribution >= 0.6 is 0 Å². The predicted octanol–water partition coefficient (Wildman–Crippen LogP) is 2.41. The SMILES string of the molecule is C=CCN(Cc1cc(C(=O)NCC2CC2)no1)C(=O)COc1ccccc1. The number of benzene rings is 1. The van der Waals surface area contributed by atoms with Crippen LogP contribution < -0.4 is 10.1 Å². The van der Waals surface area contributed by atoms with Gasteiger partial charge < -0.3 is 19.5 Å². The summed E-state index contributed by atoms with van der Waals surface area (Å²) in [6.45, 7) is 4.77. The highest BCUT2D eigenvalue weighted by atomic mass is 16.5. The first-order valence-electron chi connectivity index (χ1n) is 8.96. The molecule has 3 rings (SSSR count). The van der Waals surface area contributed by atoms with Crippen molar-refractivity contribution in [1.29, 1.82) is 0 Å². The minimum absolute atomic E-state index is 0.0965. The van der Waals surface area contributed by atoms with E-state index >= 15 is 0 Å². The lowest BCUT2D eigenvalue weighted by Gasteiger charge is -2.19. The van der Waals surface area contributed by atoms with Crippen LogP contribution in [0.4, 0.5) is 0 Å². The Kier molecular flexibility index (Phi) is 6.25. The van der Waals surface area contributed by atoms with Gasteiger partial charge in [-0.05, 0) is 30.9 Å². The molecule has 0 radical (unpaired) electrons. The van der Waals surface area contributed by atoms with Crippen molar-refractivity contribution in [3.05, 3.63) is 60.5 Å². The Labute approximate surface area is 158 Å². The molecule has 0 unspecified atom stereocenters. The summed E-state index contributed by atoms with van der Waals surface area (Å²) in [4.78, 5) is 26.0. The van der Waals surface area contributed by atoms with E-state index in [1.807, 2.05) is 18.2 Å². The Morgan fingerprint density at radius 2 is 2.11 bits per heavy atom. The number of para-hydroxylation sites is 1. The highest BCUT2D eigenvalue weighted by molar-refractivity contribution is 5.92. The molecule has 0 atom stereocenters. The van der Waals surface area contributed by atoms with Gasteiger partial charge in [-0.1, -0.05) is 29.4 Å². The maximum Gasteiger partial charge on any atom is 0.273 e. The number of hydrogen-bond donors (Lipinski definition) is 1. The lowest BCUT2D eigenvalue weighted by atomic mass is 10.3. The number of nitrogens with one attached hydrogen (secondary N) is 1.